The van der Waals surface area contributed by atoms with E-state index in [1.165, 1.54) is 12.4 Å². The van der Waals surface area contributed by atoms with Gasteiger partial charge in [0.2, 0.25) is 5.95 Å². The maximum Gasteiger partial charge on any atom is 0.222 e. The summed E-state index contributed by atoms with van der Waals surface area (Å²) in [5.41, 5.74) is 0.953. The van der Waals surface area contributed by atoms with E-state index in [4.69, 9.17) is 11.6 Å². The first kappa shape index (κ1) is 12.3. The molecule has 2 rings (SSSR count). The maximum absolute atomic E-state index is 9.84. The van der Waals surface area contributed by atoms with Gasteiger partial charge in [-0.2, -0.15) is 11.3 Å². The molecular weight excluding hydrogens is 258 g/mol. The number of nitrogens with one attached hydrogen (secondary N) is 1. The van der Waals surface area contributed by atoms with Gasteiger partial charge in [-0.25, -0.2) is 9.97 Å². The Morgan fingerprint density at radius 1 is 1.41 bits per heavy atom. The van der Waals surface area contributed by atoms with Crippen LogP contribution >= 0.6 is 22.9 Å². The molecule has 2 heterocycles. The number of hydrogen-bond acceptors (Lipinski definition) is 5. The highest BCUT2D eigenvalue weighted by molar-refractivity contribution is 7.07. The highest BCUT2D eigenvalue weighted by Gasteiger charge is 2.07. The van der Waals surface area contributed by atoms with Crippen LogP contribution in [0.15, 0.2) is 29.2 Å². The van der Waals surface area contributed by atoms with Gasteiger partial charge >= 0.3 is 0 Å². The van der Waals surface area contributed by atoms with Crippen molar-refractivity contribution in [3.8, 4) is 0 Å². The summed E-state index contributed by atoms with van der Waals surface area (Å²) >= 11 is 7.25. The van der Waals surface area contributed by atoms with Gasteiger partial charge in [0.1, 0.15) is 0 Å². The van der Waals surface area contributed by atoms with Gasteiger partial charge < -0.3 is 10.4 Å². The fraction of sp³-hybridized carbons (Fsp3) is 0.273. The normalized spacial score (nSPS) is 12.4. The van der Waals surface area contributed by atoms with E-state index in [2.05, 4.69) is 15.3 Å². The first-order valence-electron chi connectivity index (χ1n) is 5.17. The lowest BCUT2D eigenvalue weighted by Gasteiger charge is -2.09. The highest BCUT2D eigenvalue weighted by Crippen LogP contribution is 2.19. The first-order chi connectivity index (χ1) is 8.25. The largest absolute Gasteiger partial charge is 0.388 e. The number of thiophene rings is 1. The van der Waals surface area contributed by atoms with Crippen molar-refractivity contribution in [3.05, 3.63) is 39.8 Å². The summed E-state index contributed by atoms with van der Waals surface area (Å²) in [5, 5.41) is 17.3. The molecule has 2 aromatic rings. The molecule has 0 fully saturated rings. The lowest BCUT2D eigenvalue weighted by molar-refractivity contribution is 0.172. The molecule has 0 aromatic carbocycles. The van der Waals surface area contributed by atoms with Crippen molar-refractivity contribution in [3.63, 3.8) is 0 Å². The Kier molecular flexibility index (Phi) is 4.30. The number of hydrogen-bond donors (Lipinski definition) is 2. The van der Waals surface area contributed by atoms with E-state index in [0.29, 0.717) is 23.9 Å². The fourth-order valence-electron chi connectivity index (χ4n) is 1.36. The van der Waals surface area contributed by atoms with Gasteiger partial charge in [-0.3, -0.25) is 0 Å². The van der Waals surface area contributed by atoms with E-state index in [9.17, 15) is 5.11 Å². The topological polar surface area (TPSA) is 58.0 Å². The Morgan fingerprint density at radius 2 is 2.18 bits per heavy atom. The average molecular weight is 270 g/mol. The second-order valence-corrected chi connectivity index (χ2v) is 4.73. The van der Waals surface area contributed by atoms with Crippen LogP contribution in [0.25, 0.3) is 0 Å². The molecule has 1 unspecified atom stereocenters. The van der Waals surface area contributed by atoms with Gasteiger partial charge in [0.15, 0.2) is 0 Å². The lowest BCUT2D eigenvalue weighted by atomic mass is 10.1. The van der Waals surface area contributed by atoms with E-state index in [-0.39, 0.29) is 0 Å². The van der Waals surface area contributed by atoms with Crippen molar-refractivity contribution in [2.75, 3.05) is 11.9 Å². The minimum atomic E-state index is -0.443. The number of aliphatic hydroxyl groups is 1. The van der Waals surface area contributed by atoms with E-state index in [1.807, 2.05) is 16.8 Å². The quantitative estimate of drug-likeness (QED) is 0.876. The van der Waals surface area contributed by atoms with E-state index < -0.39 is 6.10 Å². The van der Waals surface area contributed by atoms with Gasteiger partial charge in [0, 0.05) is 6.54 Å². The highest BCUT2D eigenvalue weighted by atomic mass is 35.5. The summed E-state index contributed by atoms with van der Waals surface area (Å²) < 4.78 is 0. The second kappa shape index (κ2) is 5.95. The molecule has 0 aliphatic rings. The van der Waals surface area contributed by atoms with E-state index in [1.54, 1.807) is 11.3 Å². The van der Waals surface area contributed by atoms with E-state index in [0.717, 1.165) is 5.56 Å². The smallest absolute Gasteiger partial charge is 0.222 e. The molecule has 17 heavy (non-hydrogen) atoms. The van der Waals surface area contributed by atoms with Crippen LogP contribution in [-0.4, -0.2) is 21.6 Å². The predicted molar refractivity (Wildman–Crippen MR) is 69.4 cm³/mol. The van der Waals surface area contributed by atoms with E-state index >= 15 is 0 Å². The number of nitrogens with zero attached hydrogens (tertiary/aromatic N) is 2. The summed E-state index contributed by atoms with van der Waals surface area (Å²) in [6.07, 6.45) is 3.24. The minimum Gasteiger partial charge on any atom is -0.388 e. The summed E-state index contributed by atoms with van der Waals surface area (Å²) in [6.45, 7) is 0.610. The van der Waals surface area contributed by atoms with Gasteiger partial charge in [-0.1, -0.05) is 11.6 Å². The summed E-state index contributed by atoms with van der Waals surface area (Å²) in [5.74, 6) is 0.520. The predicted octanol–water partition coefficient (Wildman–Crippen LogP) is 2.73. The minimum absolute atomic E-state index is 0.443. The number of aliphatic hydroxyl groups excluding tert-OH is 1. The number of rotatable bonds is 5. The third-order valence-corrected chi connectivity index (χ3v) is 3.15. The van der Waals surface area contributed by atoms with Crippen molar-refractivity contribution < 1.29 is 5.11 Å². The summed E-state index contributed by atoms with van der Waals surface area (Å²) in [4.78, 5) is 8.01. The molecule has 90 valence electrons. The van der Waals surface area contributed by atoms with Gasteiger partial charge in [-0.05, 0) is 28.8 Å². The standard InChI is InChI=1S/C11H12ClN3OS/c12-9-5-14-11(15-6-9)13-3-1-10(16)8-2-4-17-7-8/h2,4-7,10,16H,1,3H2,(H,13,14,15). The molecule has 2 N–H and O–H groups in total. The Labute approximate surface area is 108 Å². The molecule has 0 radical (unpaired) electrons. The second-order valence-electron chi connectivity index (χ2n) is 3.51. The number of aromatic nitrogens is 2. The molecule has 0 aliphatic carbocycles. The van der Waals surface area contributed by atoms with Crippen LogP contribution in [0.4, 0.5) is 5.95 Å². The van der Waals surface area contributed by atoms with Crippen LogP contribution in [0, 0.1) is 0 Å². The lowest BCUT2D eigenvalue weighted by Crippen LogP contribution is -2.09. The molecule has 0 bridgehead atoms. The van der Waals surface area contributed by atoms with Crippen molar-refractivity contribution in [1.29, 1.82) is 0 Å². The van der Waals surface area contributed by atoms with Crippen molar-refractivity contribution in [2.24, 2.45) is 0 Å². The molecule has 0 aliphatic heterocycles. The van der Waals surface area contributed by atoms with Gasteiger partial charge in [0.05, 0.1) is 23.5 Å². The van der Waals surface area contributed by atoms with Crippen LogP contribution in [0.5, 0.6) is 0 Å². The maximum atomic E-state index is 9.84. The van der Waals surface area contributed by atoms with Crippen LogP contribution < -0.4 is 5.32 Å². The zero-order chi connectivity index (χ0) is 12.1. The zero-order valence-electron chi connectivity index (χ0n) is 9.01. The van der Waals surface area contributed by atoms with Crippen molar-refractivity contribution in [1.82, 2.24) is 9.97 Å². The molecule has 6 heteroatoms. The number of halogens is 1. The Bertz CT molecular complexity index is 446. The third kappa shape index (κ3) is 3.66. The molecule has 1 atom stereocenters. The van der Waals surface area contributed by atoms with Gasteiger partial charge in [0.25, 0.3) is 0 Å². The zero-order valence-corrected chi connectivity index (χ0v) is 10.6. The molecule has 0 spiro atoms. The summed E-state index contributed by atoms with van der Waals surface area (Å²) in [6, 6.07) is 1.92. The Balaban J connectivity index is 1.78. The monoisotopic (exact) mass is 269 g/mol. The number of anilines is 1. The molecule has 2 aromatic heterocycles. The van der Waals surface area contributed by atoms with Crippen molar-refractivity contribution in [2.45, 2.75) is 12.5 Å². The Morgan fingerprint density at radius 3 is 2.82 bits per heavy atom. The summed E-state index contributed by atoms with van der Waals surface area (Å²) in [7, 11) is 0. The van der Waals surface area contributed by atoms with Crippen LogP contribution in [0.2, 0.25) is 5.02 Å². The Hall–Kier alpha value is -1.17. The van der Waals surface area contributed by atoms with Crippen molar-refractivity contribution >= 4 is 28.9 Å². The molecule has 0 saturated carbocycles. The van der Waals surface area contributed by atoms with Crippen LogP contribution in [-0.2, 0) is 0 Å². The van der Waals surface area contributed by atoms with Crippen LogP contribution in [0.1, 0.15) is 18.1 Å². The van der Waals surface area contributed by atoms with Gasteiger partial charge in [-0.15, -0.1) is 0 Å². The molecule has 4 nitrogen and oxygen atoms in total. The van der Waals surface area contributed by atoms with Crippen LogP contribution in [0.3, 0.4) is 0 Å². The fourth-order valence-corrected chi connectivity index (χ4v) is 2.16. The molecular formula is C11H12ClN3OS. The average Bonchev–Trinajstić information content (AvgIpc) is 2.85. The SMILES string of the molecule is OC(CCNc1ncc(Cl)cn1)c1ccsc1. The molecule has 0 amide bonds. The first-order valence-corrected chi connectivity index (χ1v) is 6.49. The molecule has 0 saturated heterocycles. The third-order valence-electron chi connectivity index (χ3n) is 2.25.